The normalized spacial score (nSPS) is 15.4. The fraction of sp³-hybridized carbons (Fsp3) is 0.280. The Morgan fingerprint density at radius 2 is 1.86 bits per heavy atom. The molecule has 2 atom stereocenters. The van der Waals surface area contributed by atoms with Crippen molar-refractivity contribution in [2.75, 3.05) is 32.2 Å². The van der Waals surface area contributed by atoms with E-state index in [1.807, 2.05) is 0 Å². The molecule has 2 aromatic carbocycles. The number of amides is 3. The third-order valence-electron chi connectivity index (χ3n) is 5.21. The van der Waals surface area contributed by atoms with Gasteiger partial charge in [0.25, 0.3) is 11.8 Å². The van der Waals surface area contributed by atoms with Crippen molar-refractivity contribution in [3.05, 3.63) is 60.2 Å². The van der Waals surface area contributed by atoms with Crippen LogP contribution in [0.1, 0.15) is 12.5 Å². The molecule has 10 heteroatoms. The minimum Gasteiger partial charge on any atom is -0.497 e. The Kier molecular flexibility index (Phi) is 8.44. The van der Waals surface area contributed by atoms with E-state index in [2.05, 4.69) is 10.6 Å². The third-order valence-corrected chi connectivity index (χ3v) is 5.21. The Morgan fingerprint density at radius 3 is 2.54 bits per heavy atom. The molecule has 0 spiro atoms. The summed E-state index contributed by atoms with van der Waals surface area (Å²) < 4.78 is 15.9. The van der Waals surface area contributed by atoms with Crippen LogP contribution in [0.2, 0.25) is 0 Å². The molecule has 1 aliphatic heterocycles. The van der Waals surface area contributed by atoms with Crippen molar-refractivity contribution in [3.8, 4) is 11.5 Å². The molecule has 0 radical (unpaired) electrons. The molecule has 0 aliphatic carbocycles. The highest BCUT2D eigenvalue weighted by Gasteiger charge is 2.33. The Labute approximate surface area is 202 Å². The highest BCUT2D eigenvalue weighted by molar-refractivity contribution is 5.99. The van der Waals surface area contributed by atoms with E-state index in [9.17, 15) is 19.2 Å². The number of hydrogen-bond acceptors (Lipinski definition) is 7. The Morgan fingerprint density at radius 1 is 1.14 bits per heavy atom. The van der Waals surface area contributed by atoms with Crippen LogP contribution in [-0.4, -0.2) is 63.1 Å². The second-order valence-corrected chi connectivity index (χ2v) is 7.64. The van der Waals surface area contributed by atoms with Crippen LogP contribution in [0.5, 0.6) is 11.5 Å². The molecule has 1 unspecified atom stereocenters. The highest BCUT2D eigenvalue weighted by atomic mass is 16.5. The maximum Gasteiger partial charge on any atom is 0.328 e. The van der Waals surface area contributed by atoms with E-state index in [-0.39, 0.29) is 12.5 Å². The second-order valence-electron chi connectivity index (χ2n) is 7.64. The second kappa shape index (κ2) is 11.7. The molecule has 35 heavy (non-hydrogen) atoms. The summed E-state index contributed by atoms with van der Waals surface area (Å²) in [4.78, 5) is 50.7. The first-order chi connectivity index (χ1) is 16.8. The van der Waals surface area contributed by atoms with Crippen molar-refractivity contribution >= 4 is 35.5 Å². The number of methoxy groups -OCH3 is 1. The SMILES string of the molecule is CNC(=O)C1CN(C(=O)COC(=O)[C@H](C)NC(=O)/C=C/c2ccc(OC)cc2)c2ccccc2O1. The van der Waals surface area contributed by atoms with Gasteiger partial charge in [0.2, 0.25) is 5.91 Å². The van der Waals surface area contributed by atoms with E-state index in [1.54, 1.807) is 61.7 Å². The van der Waals surface area contributed by atoms with Crippen molar-refractivity contribution in [1.29, 1.82) is 0 Å². The number of carbonyl (C=O) groups excluding carboxylic acids is 4. The van der Waals surface area contributed by atoms with E-state index in [4.69, 9.17) is 14.2 Å². The molecule has 0 fully saturated rings. The smallest absolute Gasteiger partial charge is 0.328 e. The number of nitrogens with zero attached hydrogens (tertiary/aromatic N) is 1. The maximum atomic E-state index is 12.8. The standard InChI is InChI=1S/C25H27N3O7/c1-16(27-22(29)13-10-17-8-11-18(33-3)12-9-17)25(32)34-15-23(30)28-14-21(24(31)26-2)35-20-7-5-4-6-19(20)28/h4-13,16,21H,14-15H2,1-3H3,(H,26,31)(H,27,29)/b13-10+/t16-,21?/m0/s1. The van der Waals surface area contributed by atoms with Crippen molar-refractivity contribution in [3.63, 3.8) is 0 Å². The summed E-state index contributed by atoms with van der Waals surface area (Å²) in [5.74, 6) is -1.10. The van der Waals surface area contributed by atoms with Gasteiger partial charge < -0.3 is 29.7 Å². The highest BCUT2D eigenvalue weighted by Crippen LogP contribution is 2.33. The molecule has 3 rings (SSSR count). The molecule has 0 saturated carbocycles. The van der Waals surface area contributed by atoms with Crippen LogP contribution in [0, 0.1) is 0 Å². The zero-order chi connectivity index (χ0) is 25.4. The Balaban J connectivity index is 1.54. The molecule has 0 saturated heterocycles. The Bertz CT molecular complexity index is 1110. The van der Waals surface area contributed by atoms with Gasteiger partial charge in [-0.3, -0.25) is 14.4 Å². The monoisotopic (exact) mass is 481 g/mol. The molecule has 0 bridgehead atoms. The van der Waals surface area contributed by atoms with Crippen LogP contribution in [0.3, 0.4) is 0 Å². The minimum absolute atomic E-state index is 0.0322. The summed E-state index contributed by atoms with van der Waals surface area (Å²) in [6.07, 6.45) is 1.99. The summed E-state index contributed by atoms with van der Waals surface area (Å²) in [6, 6.07) is 12.9. The van der Waals surface area contributed by atoms with E-state index in [1.165, 1.54) is 24.9 Å². The van der Waals surface area contributed by atoms with E-state index in [0.717, 1.165) is 5.56 Å². The van der Waals surface area contributed by atoms with Gasteiger partial charge in [0, 0.05) is 13.1 Å². The predicted octanol–water partition coefficient (Wildman–Crippen LogP) is 1.30. The van der Waals surface area contributed by atoms with Crippen molar-refractivity contribution in [1.82, 2.24) is 10.6 Å². The molecular formula is C25H27N3O7. The van der Waals surface area contributed by atoms with Gasteiger partial charge in [-0.2, -0.15) is 0 Å². The fourth-order valence-corrected chi connectivity index (χ4v) is 3.31. The number of hydrogen-bond donors (Lipinski definition) is 2. The quantitative estimate of drug-likeness (QED) is 0.430. The Hall–Kier alpha value is -4.34. The lowest BCUT2D eigenvalue weighted by Gasteiger charge is -2.33. The zero-order valence-electron chi connectivity index (χ0n) is 19.6. The van der Waals surface area contributed by atoms with E-state index >= 15 is 0 Å². The van der Waals surface area contributed by atoms with Gasteiger partial charge in [0.1, 0.15) is 17.5 Å². The number of benzene rings is 2. The number of likely N-dealkylation sites (N-methyl/N-ethyl adjacent to an activating group) is 1. The molecule has 2 aromatic rings. The lowest BCUT2D eigenvalue weighted by molar-refractivity contribution is -0.150. The van der Waals surface area contributed by atoms with Crippen LogP contribution in [0.25, 0.3) is 6.08 Å². The van der Waals surface area contributed by atoms with Crippen molar-refractivity contribution in [2.24, 2.45) is 0 Å². The molecule has 2 N–H and O–H groups in total. The van der Waals surface area contributed by atoms with Crippen LogP contribution in [0.15, 0.2) is 54.6 Å². The summed E-state index contributed by atoms with van der Waals surface area (Å²) in [5.41, 5.74) is 1.25. The number of para-hydroxylation sites is 2. The van der Waals surface area contributed by atoms with E-state index < -0.39 is 36.5 Å². The summed E-state index contributed by atoms with van der Waals surface area (Å²) in [7, 11) is 3.04. The molecule has 1 aliphatic rings. The fourth-order valence-electron chi connectivity index (χ4n) is 3.31. The number of fused-ring (bicyclic) bond motifs is 1. The number of rotatable bonds is 8. The minimum atomic E-state index is -0.980. The van der Waals surface area contributed by atoms with Crippen molar-refractivity contribution in [2.45, 2.75) is 19.1 Å². The van der Waals surface area contributed by atoms with Gasteiger partial charge in [0.15, 0.2) is 12.7 Å². The zero-order valence-corrected chi connectivity index (χ0v) is 19.6. The van der Waals surface area contributed by atoms with Gasteiger partial charge in [0.05, 0.1) is 19.3 Å². The lowest BCUT2D eigenvalue weighted by Crippen LogP contribution is -2.51. The number of esters is 1. The van der Waals surface area contributed by atoms with Gasteiger partial charge in [-0.1, -0.05) is 24.3 Å². The third kappa shape index (κ3) is 6.59. The molecule has 0 aromatic heterocycles. The van der Waals surface area contributed by atoms with Crippen LogP contribution >= 0.6 is 0 Å². The summed E-state index contributed by atoms with van der Waals surface area (Å²) >= 11 is 0. The van der Waals surface area contributed by atoms with Gasteiger partial charge >= 0.3 is 5.97 Å². The van der Waals surface area contributed by atoms with Crippen LogP contribution in [-0.2, 0) is 23.9 Å². The average molecular weight is 482 g/mol. The predicted molar refractivity (Wildman–Crippen MR) is 128 cm³/mol. The van der Waals surface area contributed by atoms with Crippen molar-refractivity contribution < 1.29 is 33.4 Å². The summed E-state index contributed by atoms with van der Waals surface area (Å²) in [5, 5.41) is 4.99. The van der Waals surface area contributed by atoms with Crippen LogP contribution < -0.4 is 25.0 Å². The van der Waals surface area contributed by atoms with Gasteiger partial charge in [-0.15, -0.1) is 0 Å². The number of carbonyl (C=O) groups is 4. The molecule has 184 valence electrons. The van der Waals surface area contributed by atoms with Gasteiger partial charge in [-0.05, 0) is 42.8 Å². The largest absolute Gasteiger partial charge is 0.497 e. The topological polar surface area (TPSA) is 123 Å². The average Bonchev–Trinajstić information content (AvgIpc) is 2.89. The molecule has 10 nitrogen and oxygen atoms in total. The van der Waals surface area contributed by atoms with Gasteiger partial charge in [-0.25, -0.2) is 4.79 Å². The first kappa shape index (κ1) is 25.3. The number of anilines is 1. The number of nitrogens with one attached hydrogen (secondary N) is 2. The summed E-state index contributed by atoms with van der Waals surface area (Å²) in [6.45, 7) is 0.864. The van der Waals surface area contributed by atoms with Crippen LogP contribution in [0.4, 0.5) is 5.69 Å². The van der Waals surface area contributed by atoms with E-state index in [0.29, 0.717) is 17.2 Å². The maximum absolute atomic E-state index is 12.8. The molecular weight excluding hydrogens is 454 g/mol. The number of ether oxygens (including phenoxy) is 3. The lowest BCUT2D eigenvalue weighted by atomic mass is 10.1. The first-order valence-electron chi connectivity index (χ1n) is 10.9. The molecule has 3 amide bonds. The first-order valence-corrected chi connectivity index (χ1v) is 10.9. The molecule has 1 heterocycles.